The van der Waals surface area contributed by atoms with Crippen molar-refractivity contribution in [1.29, 1.82) is 0 Å². The summed E-state index contributed by atoms with van der Waals surface area (Å²) in [6.07, 6.45) is 2.08. The number of nitrogens with one attached hydrogen (secondary N) is 1. The molecule has 0 saturated carbocycles. The average Bonchev–Trinajstić information content (AvgIpc) is 2.53. The number of amides is 1. The van der Waals surface area contributed by atoms with Crippen LogP contribution in [0.3, 0.4) is 0 Å². The van der Waals surface area contributed by atoms with Crippen LogP contribution >= 0.6 is 11.6 Å². The molecule has 5 heteroatoms. The maximum absolute atomic E-state index is 12.3. The largest absolute Gasteiger partial charge is 0.396 e. The fraction of sp³-hybridized carbons (Fsp3) is 0.562. The summed E-state index contributed by atoms with van der Waals surface area (Å²) in [7, 11) is 0. The van der Waals surface area contributed by atoms with Crippen LogP contribution in [0, 0.1) is 5.92 Å². The minimum atomic E-state index is -0.179. The highest BCUT2D eigenvalue weighted by atomic mass is 35.5. The maximum Gasteiger partial charge on any atom is 0.237 e. The Morgan fingerprint density at radius 2 is 2.29 bits per heavy atom. The minimum absolute atomic E-state index is 0.00788. The van der Waals surface area contributed by atoms with E-state index in [1.807, 2.05) is 31.2 Å². The van der Waals surface area contributed by atoms with Crippen molar-refractivity contribution in [2.45, 2.75) is 32.4 Å². The Hall–Kier alpha value is -1.10. The summed E-state index contributed by atoms with van der Waals surface area (Å²) < 4.78 is 0. The quantitative estimate of drug-likeness (QED) is 0.875. The second-order valence-corrected chi connectivity index (χ2v) is 6.08. The third-order valence-electron chi connectivity index (χ3n) is 4.15. The molecule has 116 valence electrons. The first-order valence-corrected chi connectivity index (χ1v) is 7.85. The molecule has 1 saturated heterocycles. The van der Waals surface area contributed by atoms with Gasteiger partial charge in [0.15, 0.2) is 0 Å². The first-order chi connectivity index (χ1) is 10.1. The van der Waals surface area contributed by atoms with Crippen molar-refractivity contribution in [3.05, 3.63) is 34.9 Å². The predicted molar refractivity (Wildman–Crippen MR) is 84.1 cm³/mol. The van der Waals surface area contributed by atoms with Crippen LogP contribution in [0.15, 0.2) is 24.3 Å². The fourth-order valence-electron chi connectivity index (χ4n) is 2.74. The number of likely N-dealkylation sites (tertiary alicyclic amines) is 1. The molecule has 0 spiro atoms. The van der Waals surface area contributed by atoms with Crippen LogP contribution in [0.2, 0.25) is 5.02 Å². The molecule has 21 heavy (non-hydrogen) atoms. The number of rotatable bonds is 5. The van der Waals surface area contributed by atoms with Gasteiger partial charge in [-0.15, -0.1) is 0 Å². The summed E-state index contributed by atoms with van der Waals surface area (Å²) in [4.78, 5) is 14.4. The second kappa shape index (κ2) is 7.78. The summed E-state index contributed by atoms with van der Waals surface area (Å²) in [5.41, 5.74) is 0.923. The number of aliphatic hydroxyl groups excluding tert-OH is 1. The van der Waals surface area contributed by atoms with Gasteiger partial charge in [0, 0.05) is 24.7 Å². The average molecular weight is 311 g/mol. The molecule has 1 aliphatic heterocycles. The van der Waals surface area contributed by atoms with E-state index in [0.717, 1.165) is 31.5 Å². The summed E-state index contributed by atoms with van der Waals surface area (Å²) in [6.45, 7) is 4.26. The Morgan fingerprint density at radius 1 is 1.52 bits per heavy atom. The third kappa shape index (κ3) is 4.43. The summed E-state index contributed by atoms with van der Waals surface area (Å²) in [5.74, 6) is 0.297. The number of halogens is 1. The van der Waals surface area contributed by atoms with Gasteiger partial charge >= 0.3 is 0 Å². The van der Waals surface area contributed by atoms with Gasteiger partial charge in [-0.05, 0) is 43.9 Å². The SMILES string of the molecule is CC(C(=O)NCc1ccccc1Cl)N1CCCC(CO)C1. The molecule has 4 nitrogen and oxygen atoms in total. The van der Waals surface area contributed by atoms with E-state index in [-0.39, 0.29) is 24.5 Å². The van der Waals surface area contributed by atoms with E-state index in [2.05, 4.69) is 10.2 Å². The number of benzene rings is 1. The lowest BCUT2D eigenvalue weighted by atomic mass is 9.97. The molecule has 2 rings (SSSR count). The molecule has 2 unspecified atom stereocenters. The lowest BCUT2D eigenvalue weighted by Gasteiger charge is -2.35. The Balaban J connectivity index is 1.86. The van der Waals surface area contributed by atoms with Gasteiger partial charge in [-0.1, -0.05) is 29.8 Å². The van der Waals surface area contributed by atoms with Gasteiger partial charge in [0.2, 0.25) is 5.91 Å². The van der Waals surface area contributed by atoms with E-state index in [0.29, 0.717) is 11.6 Å². The van der Waals surface area contributed by atoms with Gasteiger partial charge in [0.1, 0.15) is 0 Å². The van der Waals surface area contributed by atoms with Gasteiger partial charge < -0.3 is 10.4 Å². The van der Waals surface area contributed by atoms with Crippen LogP contribution < -0.4 is 5.32 Å². The molecule has 0 aliphatic carbocycles. The molecular weight excluding hydrogens is 288 g/mol. The van der Waals surface area contributed by atoms with Gasteiger partial charge in [-0.25, -0.2) is 0 Å². The van der Waals surface area contributed by atoms with E-state index in [1.54, 1.807) is 0 Å². The zero-order valence-corrected chi connectivity index (χ0v) is 13.1. The van der Waals surface area contributed by atoms with Crippen LogP contribution in [0.1, 0.15) is 25.3 Å². The van der Waals surface area contributed by atoms with Crippen molar-refractivity contribution in [2.75, 3.05) is 19.7 Å². The highest BCUT2D eigenvalue weighted by Gasteiger charge is 2.26. The normalized spacial score (nSPS) is 21.0. The second-order valence-electron chi connectivity index (χ2n) is 5.67. The topological polar surface area (TPSA) is 52.6 Å². The number of nitrogens with zero attached hydrogens (tertiary/aromatic N) is 1. The maximum atomic E-state index is 12.3. The van der Waals surface area contributed by atoms with E-state index in [1.165, 1.54) is 0 Å². The number of piperidine rings is 1. The first-order valence-electron chi connectivity index (χ1n) is 7.48. The van der Waals surface area contributed by atoms with Crippen molar-refractivity contribution < 1.29 is 9.90 Å². The zero-order chi connectivity index (χ0) is 15.2. The molecule has 1 heterocycles. The summed E-state index contributed by atoms with van der Waals surface area (Å²) in [6, 6.07) is 7.34. The van der Waals surface area contributed by atoms with Crippen LogP contribution in [-0.2, 0) is 11.3 Å². The van der Waals surface area contributed by atoms with E-state index in [9.17, 15) is 9.90 Å². The molecule has 2 N–H and O–H groups in total. The molecule has 2 atom stereocenters. The van der Waals surface area contributed by atoms with Gasteiger partial charge in [-0.2, -0.15) is 0 Å². The Morgan fingerprint density at radius 3 is 3.00 bits per heavy atom. The zero-order valence-electron chi connectivity index (χ0n) is 12.4. The van der Waals surface area contributed by atoms with Gasteiger partial charge in [0.25, 0.3) is 0 Å². The lowest BCUT2D eigenvalue weighted by molar-refractivity contribution is -0.126. The van der Waals surface area contributed by atoms with E-state index < -0.39 is 0 Å². The third-order valence-corrected chi connectivity index (χ3v) is 4.52. The van der Waals surface area contributed by atoms with Crippen LogP contribution in [0.5, 0.6) is 0 Å². The van der Waals surface area contributed by atoms with Gasteiger partial charge in [-0.3, -0.25) is 9.69 Å². The molecule has 1 aromatic carbocycles. The highest BCUT2D eigenvalue weighted by Crippen LogP contribution is 2.18. The van der Waals surface area contributed by atoms with Gasteiger partial charge in [0.05, 0.1) is 6.04 Å². The standard InChI is InChI=1S/C16H23ClN2O2/c1-12(19-8-4-5-13(10-19)11-20)16(21)18-9-14-6-2-3-7-15(14)17/h2-3,6-7,12-13,20H,4-5,8-11H2,1H3,(H,18,21). The molecule has 1 aliphatic rings. The van der Waals surface area contributed by atoms with E-state index in [4.69, 9.17) is 11.6 Å². The lowest BCUT2D eigenvalue weighted by Crippen LogP contribution is -2.49. The molecule has 1 fully saturated rings. The molecular formula is C16H23ClN2O2. The molecule has 0 bridgehead atoms. The van der Waals surface area contributed by atoms with E-state index >= 15 is 0 Å². The molecule has 1 aromatic rings. The number of hydrogen-bond donors (Lipinski definition) is 2. The van der Waals surface area contributed by atoms with Crippen LogP contribution in [0.25, 0.3) is 0 Å². The van der Waals surface area contributed by atoms with Crippen molar-refractivity contribution >= 4 is 17.5 Å². The Bertz CT molecular complexity index is 481. The minimum Gasteiger partial charge on any atom is -0.396 e. The monoisotopic (exact) mass is 310 g/mol. The molecule has 0 aromatic heterocycles. The van der Waals surface area contributed by atoms with Crippen molar-refractivity contribution in [3.63, 3.8) is 0 Å². The molecule has 1 amide bonds. The summed E-state index contributed by atoms with van der Waals surface area (Å²) in [5, 5.41) is 12.9. The number of hydrogen-bond acceptors (Lipinski definition) is 3. The fourth-order valence-corrected chi connectivity index (χ4v) is 2.94. The van der Waals surface area contributed by atoms with Crippen molar-refractivity contribution in [2.24, 2.45) is 5.92 Å². The Kier molecular flexibility index (Phi) is 6.03. The number of carbonyl (C=O) groups is 1. The smallest absolute Gasteiger partial charge is 0.237 e. The summed E-state index contributed by atoms with van der Waals surface area (Å²) >= 11 is 6.08. The first kappa shape index (κ1) is 16.3. The predicted octanol–water partition coefficient (Wildman–Crippen LogP) is 2.05. The Labute approximate surface area is 131 Å². The van der Waals surface area contributed by atoms with Crippen molar-refractivity contribution in [3.8, 4) is 0 Å². The molecule has 0 radical (unpaired) electrons. The number of aliphatic hydroxyl groups is 1. The van der Waals surface area contributed by atoms with Crippen LogP contribution in [-0.4, -0.2) is 41.7 Å². The van der Waals surface area contributed by atoms with Crippen LogP contribution in [0.4, 0.5) is 0 Å². The van der Waals surface area contributed by atoms with Crippen molar-refractivity contribution in [1.82, 2.24) is 10.2 Å². The number of carbonyl (C=O) groups excluding carboxylic acids is 1. The highest BCUT2D eigenvalue weighted by molar-refractivity contribution is 6.31.